The molecule has 8 nitrogen and oxygen atoms in total. The van der Waals surface area contributed by atoms with Gasteiger partial charge in [-0.15, -0.1) is 10.2 Å². The minimum absolute atomic E-state index is 0.138. The maximum atomic E-state index is 13.3. The molecule has 2 amide bonds. The maximum absolute atomic E-state index is 13.3. The Hall–Kier alpha value is -3.52. The van der Waals surface area contributed by atoms with Crippen LogP contribution in [0.1, 0.15) is 37.6 Å². The van der Waals surface area contributed by atoms with Crippen LogP contribution >= 0.6 is 11.6 Å². The van der Waals surface area contributed by atoms with E-state index in [2.05, 4.69) is 15.3 Å². The van der Waals surface area contributed by atoms with Crippen LogP contribution in [0.25, 0.3) is 11.5 Å². The molecule has 0 spiro atoms. The zero-order chi connectivity index (χ0) is 23.4. The molecule has 0 saturated carbocycles. The van der Waals surface area contributed by atoms with Crippen molar-refractivity contribution in [3.05, 3.63) is 65.0 Å². The molecule has 0 bridgehead atoms. The third kappa shape index (κ3) is 5.12. The summed E-state index contributed by atoms with van der Waals surface area (Å²) in [4.78, 5) is 27.4. The van der Waals surface area contributed by atoms with Crippen LogP contribution in [0.3, 0.4) is 0 Å². The summed E-state index contributed by atoms with van der Waals surface area (Å²) < 4.78 is 5.78. The molecule has 33 heavy (non-hydrogen) atoms. The fourth-order valence-corrected chi connectivity index (χ4v) is 3.81. The number of halogens is 1. The van der Waals surface area contributed by atoms with Gasteiger partial charge in [0.15, 0.2) is 0 Å². The number of carbonyl (C=O) groups excluding carboxylic acids is 2. The Labute approximate surface area is 196 Å². The van der Waals surface area contributed by atoms with E-state index >= 15 is 0 Å². The molecule has 3 aromatic rings. The van der Waals surface area contributed by atoms with Crippen LogP contribution in [0, 0.1) is 6.92 Å². The summed E-state index contributed by atoms with van der Waals surface area (Å²) in [6, 6.07) is 14.7. The first-order chi connectivity index (χ1) is 16.0. The lowest BCUT2D eigenvalue weighted by Crippen LogP contribution is -2.41. The zero-order valence-electron chi connectivity index (χ0n) is 18.5. The minimum Gasteiger partial charge on any atom is -0.419 e. The summed E-state index contributed by atoms with van der Waals surface area (Å²) in [5, 5.41) is 14.4. The molecule has 0 aliphatic carbocycles. The van der Waals surface area contributed by atoms with Crippen molar-refractivity contribution in [2.75, 3.05) is 11.6 Å². The van der Waals surface area contributed by atoms with E-state index in [0.29, 0.717) is 40.3 Å². The van der Waals surface area contributed by atoms with E-state index in [4.69, 9.17) is 16.0 Å². The normalized spacial score (nSPS) is 13.7. The van der Waals surface area contributed by atoms with Crippen molar-refractivity contribution in [1.82, 2.24) is 15.1 Å². The second-order valence-corrected chi connectivity index (χ2v) is 8.21. The maximum Gasteiger partial charge on any atom is 0.270 e. The minimum atomic E-state index is -0.250. The Morgan fingerprint density at radius 2 is 1.97 bits per heavy atom. The third-order valence-corrected chi connectivity index (χ3v) is 5.53. The molecule has 9 heteroatoms. The van der Waals surface area contributed by atoms with E-state index in [9.17, 15) is 9.59 Å². The molecule has 0 radical (unpaired) electrons. The van der Waals surface area contributed by atoms with Crippen molar-refractivity contribution < 1.29 is 14.0 Å². The number of benzene rings is 2. The molecule has 1 aromatic heterocycles. The van der Waals surface area contributed by atoms with Gasteiger partial charge in [-0.2, -0.15) is 5.10 Å². The average Bonchev–Trinajstić information content (AvgIpc) is 3.27. The molecule has 0 fully saturated rings. The van der Waals surface area contributed by atoms with E-state index in [1.165, 1.54) is 5.01 Å². The van der Waals surface area contributed by atoms with Crippen molar-refractivity contribution >= 4 is 34.8 Å². The topological polar surface area (TPSA) is 91.9 Å². The van der Waals surface area contributed by atoms with Gasteiger partial charge in [-0.1, -0.05) is 42.8 Å². The fraction of sp³-hybridized carbons (Fsp3) is 0.292. The number of carbonyl (C=O) groups is 2. The summed E-state index contributed by atoms with van der Waals surface area (Å²) in [6.07, 6.45) is 1.25. The number of aryl methyl sites for hydroxylation is 1. The van der Waals surface area contributed by atoms with Crippen LogP contribution in [-0.4, -0.2) is 39.2 Å². The van der Waals surface area contributed by atoms with Crippen LogP contribution in [0.5, 0.6) is 0 Å². The molecule has 0 N–H and O–H groups in total. The molecule has 0 unspecified atom stereocenters. The van der Waals surface area contributed by atoms with Crippen LogP contribution in [-0.2, 0) is 16.1 Å². The summed E-state index contributed by atoms with van der Waals surface area (Å²) in [7, 11) is 0. The molecular formula is C24H24ClN5O3. The predicted molar refractivity (Wildman–Crippen MR) is 126 cm³/mol. The Morgan fingerprint density at radius 3 is 2.73 bits per heavy atom. The first-order valence-corrected chi connectivity index (χ1v) is 11.2. The van der Waals surface area contributed by atoms with Gasteiger partial charge in [0.25, 0.3) is 5.91 Å². The molecule has 2 heterocycles. The molecule has 0 saturated heterocycles. The van der Waals surface area contributed by atoms with Gasteiger partial charge in [0, 0.05) is 19.4 Å². The second-order valence-electron chi connectivity index (χ2n) is 7.80. The number of rotatable bonds is 7. The molecule has 4 rings (SSSR count). The Balaban J connectivity index is 1.55. The average molecular weight is 466 g/mol. The van der Waals surface area contributed by atoms with Crippen molar-refractivity contribution in [2.24, 2.45) is 5.10 Å². The molecule has 0 atom stereocenters. The Kier molecular flexibility index (Phi) is 6.84. The first kappa shape index (κ1) is 22.7. The zero-order valence-corrected chi connectivity index (χ0v) is 19.2. The highest BCUT2D eigenvalue weighted by molar-refractivity contribution is 6.40. The number of hydrogen-bond donors (Lipinski definition) is 0. The Morgan fingerprint density at radius 1 is 1.15 bits per heavy atom. The fourth-order valence-electron chi connectivity index (χ4n) is 3.60. The van der Waals surface area contributed by atoms with Crippen LogP contribution in [0.15, 0.2) is 58.0 Å². The van der Waals surface area contributed by atoms with Gasteiger partial charge in [-0.25, -0.2) is 5.01 Å². The number of amides is 2. The van der Waals surface area contributed by atoms with Crippen LogP contribution in [0.4, 0.5) is 5.69 Å². The van der Waals surface area contributed by atoms with Gasteiger partial charge < -0.3 is 9.32 Å². The Bertz CT molecular complexity index is 1210. The van der Waals surface area contributed by atoms with Gasteiger partial charge >= 0.3 is 0 Å². The summed E-state index contributed by atoms with van der Waals surface area (Å²) in [5.74, 6) is 0.209. The molecule has 1 aliphatic rings. The number of hydrazone groups is 1. The van der Waals surface area contributed by atoms with E-state index in [1.54, 1.807) is 23.1 Å². The number of aromatic nitrogens is 2. The van der Waals surface area contributed by atoms with Gasteiger partial charge in [-0.05, 0) is 43.2 Å². The van der Waals surface area contributed by atoms with Crippen LogP contribution in [0.2, 0.25) is 5.02 Å². The van der Waals surface area contributed by atoms with Gasteiger partial charge in [0.05, 0.1) is 22.8 Å². The molecular weight excluding hydrogens is 442 g/mol. The number of nitrogens with zero attached hydrogens (tertiary/aromatic N) is 5. The summed E-state index contributed by atoms with van der Waals surface area (Å²) >= 11 is 6.22. The van der Waals surface area contributed by atoms with Crippen molar-refractivity contribution in [3.8, 4) is 11.5 Å². The predicted octanol–water partition coefficient (Wildman–Crippen LogP) is 4.62. The molecule has 170 valence electrons. The SMILES string of the molecule is CCCN(Cc1nnc(-c2ccccc2Cl)o1)C(=O)C1=NN(c2cccc(C)c2)C(=O)CC1. The second kappa shape index (κ2) is 9.95. The van der Waals surface area contributed by atoms with Gasteiger partial charge in [0.2, 0.25) is 17.7 Å². The molecule has 1 aliphatic heterocycles. The number of hydrogen-bond acceptors (Lipinski definition) is 6. The smallest absolute Gasteiger partial charge is 0.270 e. The first-order valence-electron chi connectivity index (χ1n) is 10.8. The quantitative estimate of drug-likeness (QED) is 0.507. The van der Waals surface area contributed by atoms with E-state index in [0.717, 1.165) is 12.0 Å². The van der Waals surface area contributed by atoms with Crippen LogP contribution < -0.4 is 5.01 Å². The van der Waals surface area contributed by atoms with Gasteiger partial charge in [0.1, 0.15) is 5.71 Å². The summed E-state index contributed by atoms with van der Waals surface area (Å²) in [6.45, 7) is 4.55. The largest absolute Gasteiger partial charge is 0.419 e. The lowest BCUT2D eigenvalue weighted by atomic mass is 10.1. The standard InChI is InChI=1S/C24H24ClN5O3/c1-3-13-29(15-21-26-27-23(33-21)18-9-4-5-10-19(18)25)24(32)20-11-12-22(31)30(28-20)17-8-6-7-16(2)14-17/h4-10,14H,3,11-13,15H2,1-2H3. The van der Waals surface area contributed by atoms with Crippen molar-refractivity contribution in [3.63, 3.8) is 0 Å². The molecule has 2 aromatic carbocycles. The summed E-state index contributed by atoms with van der Waals surface area (Å²) in [5.41, 5.74) is 2.62. The monoisotopic (exact) mass is 465 g/mol. The van der Waals surface area contributed by atoms with Gasteiger partial charge in [-0.3, -0.25) is 9.59 Å². The van der Waals surface area contributed by atoms with Crippen molar-refractivity contribution in [2.45, 2.75) is 39.7 Å². The lowest BCUT2D eigenvalue weighted by molar-refractivity contribution is -0.125. The third-order valence-electron chi connectivity index (χ3n) is 5.20. The highest BCUT2D eigenvalue weighted by Crippen LogP contribution is 2.27. The van der Waals surface area contributed by atoms with E-state index in [1.807, 2.05) is 44.2 Å². The number of anilines is 1. The highest BCUT2D eigenvalue weighted by Gasteiger charge is 2.29. The van der Waals surface area contributed by atoms with E-state index in [-0.39, 0.29) is 31.2 Å². The lowest BCUT2D eigenvalue weighted by Gasteiger charge is -2.26. The highest BCUT2D eigenvalue weighted by atomic mass is 35.5. The van der Waals surface area contributed by atoms with Crippen molar-refractivity contribution in [1.29, 1.82) is 0 Å². The van der Waals surface area contributed by atoms with E-state index < -0.39 is 0 Å².